The van der Waals surface area contributed by atoms with Crippen LogP contribution in [-0.2, 0) is 6.42 Å². The second-order valence-corrected chi connectivity index (χ2v) is 5.95. The molecule has 0 fully saturated rings. The molecule has 2 aromatic rings. The van der Waals surface area contributed by atoms with Gasteiger partial charge in [-0.3, -0.25) is 0 Å². The smallest absolute Gasteiger partial charge is 0.0654 e. The fraction of sp³-hybridized carbons (Fsp3) is 0.471. The monoisotopic (exact) mass is 271 g/mol. The lowest BCUT2D eigenvalue weighted by Gasteiger charge is -2.10. The van der Waals surface area contributed by atoms with E-state index in [0.717, 1.165) is 17.8 Å². The van der Waals surface area contributed by atoms with Crippen molar-refractivity contribution in [3.05, 3.63) is 46.3 Å². The van der Waals surface area contributed by atoms with Gasteiger partial charge in [0.25, 0.3) is 0 Å². The maximum Gasteiger partial charge on any atom is 0.0654 e. The Kier molecular flexibility index (Phi) is 4.29. The van der Waals surface area contributed by atoms with Crippen molar-refractivity contribution < 1.29 is 0 Å². The lowest BCUT2D eigenvalue weighted by molar-refractivity contribution is 0.589. The van der Waals surface area contributed by atoms with E-state index in [1.165, 1.54) is 22.4 Å². The Hall–Kier alpha value is -1.61. The zero-order valence-electron chi connectivity index (χ0n) is 13.2. The molecule has 2 rings (SSSR count). The number of hydrogen-bond donors (Lipinski definition) is 1. The summed E-state index contributed by atoms with van der Waals surface area (Å²) in [6.07, 6.45) is 0.999. The van der Waals surface area contributed by atoms with Gasteiger partial charge in [-0.25, -0.2) is 4.68 Å². The molecular formula is C17H25N3. The summed E-state index contributed by atoms with van der Waals surface area (Å²) in [7, 11) is 0. The lowest BCUT2D eigenvalue weighted by Crippen LogP contribution is -2.14. The number of rotatable bonds is 4. The van der Waals surface area contributed by atoms with E-state index in [0.29, 0.717) is 12.5 Å². The maximum absolute atomic E-state index is 5.75. The predicted molar refractivity (Wildman–Crippen MR) is 84.4 cm³/mol. The topological polar surface area (TPSA) is 43.8 Å². The molecule has 0 saturated heterocycles. The van der Waals surface area contributed by atoms with Crippen LogP contribution < -0.4 is 5.73 Å². The van der Waals surface area contributed by atoms with Gasteiger partial charge in [0.2, 0.25) is 0 Å². The Labute approximate surface area is 121 Å². The minimum atomic E-state index is 0.490. The summed E-state index contributed by atoms with van der Waals surface area (Å²) in [5, 5.41) is 4.73. The number of hydrogen-bond acceptors (Lipinski definition) is 2. The van der Waals surface area contributed by atoms with Crippen LogP contribution in [-0.4, -0.2) is 16.3 Å². The highest BCUT2D eigenvalue weighted by atomic mass is 15.3. The third kappa shape index (κ3) is 2.93. The van der Waals surface area contributed by atoms with Crippen LogP contribution in [0.1, 0.15) is 35.0 Å². The molecule has 0 spiro atoms. The van der Waals surface area contributed by atoms with Crippen molar-refractivity contribution in [3.63, 3.8) is 0 Å². The van der Waals surface area contributed by atoms with Crippen molar-refractivity contribution in [2.75, 3.05) is 6.54 Å². The van der Waals surface area contributed by atoms with Gasteiger partial charge in [-0.15, -0.1) is 0 Å². The highest BCUT2D eigenvalue weighted by molar-refractivity contribution is 5.42. The summed E-state index contributed by atoms with van der Waals surface area (Å²) >= 11 is 0. The Morgan fingerprint density at radius 3 is 2.25 bits per heavy atom. The van der Waals surface area contributed by atoms with Crippen LogP contribution in [0.3, 0.4) is 0 Å². The summed E-state index contributed by atoms with van der Waals surface area (Å²) < 4.78 is 2.06. The fourth-order valence-corrected chi connectivity index (χ4v) is 2.73. The molecule has 0 saturated carbocycles. The van der Waals surface area contributed by atoms with E-state index in [1.54, 1.807) is 0 Å². The summed E-state index contributed by atoms with van der Waals surface area (Å²) in [6, 6.07) is 6.55. The Morgan fingerprint density at radius 1 is 1.10 bits per heavy atom. The summed E-state index contributed by atoms with van der Waals surface area (Å²) in [5.41, 5.74) is 13.1. The summed E-state index contributed by atoms with van der Waals surface area (Å²) in [4.78, 5) is 0. The molecule has 1 aromatic carbocycles. The lowest BCUT2D eigenvalue weighted by atomic mass is 10.00. The number of aryl methyl sites for hydroxylation is 3. The Bertz CT molecular complexity index is 591. The van der Waals surface area contributed by atoms with Gasteiger partial charge < -0.3 is 5.73 Å². The molecule has 0 amide bonds. The molecule has 0 radical (unpaired) electrons. The van der Waals surface area contributed by atoms with E-state index in [9.17, 15) is 0 Å². The normalized spacial score (nSPS) is 12.7. The minimum Gasteiger partial charge on any atom is -0.330 e. The average molecular weight is 271 g/mol. The van der Waals surface area contributed by atoms with Crippen molar-refractivity contribution in [1.29, 1.82) is 0 Å². The van der Waals surface area contributed by atoms with Crippen LogP contribution in [0.15, 0.2) is 18.2 Å². The summed E-state index contributed by atoms with van der Waals surface area (Å²) in [6.45, 7) is 11.4. The molecule has 0 aliphatic carbocycles. The van der Waals surface area contributed by atoms with Gasteiger partial charge in [-0.2, -0.15) is 5.10 Å². The first-order valence-corrected chi connectivity index (χ1v) is 7.26. The fourth-order valence-electron chi connectivity index (χ4n) is 2.73. The van der Waals surface area contributed by atoms with Crippen LogP contribution in [0.25, 0.3) is 5.69 Å². The molecule has 1 unspecified atom stereocenters. The third-order valence-electron chi connectivity index (χ3n) is 3.85. The molecule has 108 valence electrons. The molecule has 1 aromatic heterocycles. The first-order chi connectivity index (χ1) is 9.42. The largest absolute Gasteiger partial charge is 0.330 e. The summed E-state index contributed by atoms with van der Waals surface area (Å²) in [5.74, 6) is 0.490. The molecule has 20 heavy (non-hydrogen) atoms. The molecule has 0 aliphatic heterocycles. The molecule has 2 N–H and O–H groups in total. The third-order valence-corrected chi connectivity index (χ3v) is 3.85. The van der Waals surface area contributed by atoms with Gasteiger partial charge in [0.15, 0.2) is 0 Å². The SMILES string of the molecule is Cc1cc(C)cc(-n2nc(C)c(CC(C)CN)c2C)c1. The second kappa shape index (κ2) is 5.80. The highest BCUT2D eigenvalue weighted by Crippen LogP contribution is 2.22. The van der Waals surface area contributed by atoms with Crippen LogP contribution in [0, 0.1) is 33.6 Å². The molecule has 1 atom stereocenters. The Morgan fingerprint density at radius 2 is 1.70 bits per heavy atom. The van der Waals surface area contributed by atoms with Crippen molar-refractivity contribution in [1.82, 2.24) is 9.78 Å². The maximum atomic E-state index is 5.75. The van der Waals surface area contributed by atoms with E-state index in [4.69, 9.17) is 10.8 Å². The van der Waals surface area contributed by atoms with Crippen molar-refractivity contribution in [3.8, 4) is 5.69 Å². The molecular weight excluding hydrogens is 246 g/mol. The van der Waals surface area contributed by atoms with Gasteiger partial charge in [0, 0.05) is 5.69 Å². The van der Waals surface area contributed by atoms with Gasteiger partial charge >= 0.3 is 0 Å². The van der Waals surface area contributed by atoms with Gasteiger partial charge in [0.05, 0.1) is 11.4 Å². The van der Waals surface area contributed by atoms with Gasteiger partial charge in [0.1, 0.15) is 0 Å². The van der Waals surface area contributed by atoms with E-state index in [-0.39, 0.29) is 0 Å². The second-order valence-electron chi connectivity index (χ2n) is 5.95. The zero-order chi connectivity index (χ0) is 14.9. The number of nitrogens with zero attached hydrogens (tertiary/aromatic N) is 2. The van der Waals surface area contributed by atoms with Crippen LogP contribution in [0.2, 0.25) is 0 Å². The van der Waals surface area contributed by atoms with Crippen molar-refractivity contribution >= 4 is 0 Å². The quantitative estimate of drug-likeness (QED) is 0.927. The molecule has 0 aliphatic rings. The first-order valence-electron chi connectivity index (χ1n) is 7.26. The Balaban J connectivity index is 2.45. The van der Waals surface area contributed by atoms with Crippen molar-refractivity contribution in [2.24, 2.45) is 11.7 Å². The van der Waals surface area contributed by atoms with E-state index >= 15 is 0 Å². The number of aromatic nitrogens is 2. The van der Waals surface area contributed by atoms with Crippen LogP contribution >= 0.6 is 0 Å². The zero-order valence-corrected chi connectivity index (χ0v) is 13.2. The van der Waals surface area contributed by atoms with Gasteiger partial charge in [-0.05, 0) is 75.4 Å². The van der Waals surface area contributed by atoms with Crippen molar-refractivity contribution in [2.45, 2.75) is 41.0 Å². The highest BCUT2D eigenvalue weighted by Gasteiger charge is 2.15. The molecule has 1 heterocycles. The number of nitrogens with two attached hydrogens (primary N) is 1. The first kappa shape index (κ1) is 14.8. The van der Waals surface area contributed by atoms with Crippen LogP contribution in [0.4, 0.5) is 0 Å². The van der Waals surface area contributed by atoms with E-state index in [2.05, 4.69) is 57.5 Å². The predicted octanol–water partition coefficient (Wildman–Crippen LogP) is 3.24. The molecule has 3 nitrogen and oxygen atoms in total. The van der Waals surface area contributed by atoms with E-state index in [1.807, 2.05) is 0 Å². The minimum absolute atomic E-state index is 0.490. The van der Waals surface area contributed by atoms with E-state index < -0.39 is 0 Å². The number of benzene rings is 1. The van der Waals surface area contributed by atoms with Gasteiger partial charge in [-0.1, -0.05) is 13.0 Å². The molecule has 3 heteroatoms. The average Bonchev–Trinajstić information content (AvgIpc) is 2.65. The van der Waals surface area contributed by atoms with Crippen LogP contribution in [0.5, 0.6) is 0 Å². The standard InChI is InChI=1S/C17H25N3/c1-11-6-12(2)8-16(7-11)20-15(5)17(14(4)19-20)9-13(3)10-18/h6-8,13H,9-10,18H2,1-5H3. The molecule has 0 bridgehead atoms.